The topological polar surface area (TPSA) is 97.1 Å². The van der Waals surface area contributed by atoms with Crippen LogP contribution in [0.5, 0.6) is 0 Å². The van der Waals surface area contributed by atoms with Gasteiger partial charge in [0.1, 0.15) is 0 Å². The van der Waals surface area contributed by atoms with E-state index >= 15 is 0 Å². The number of carbonyl (C=O) groups is 2. The second-order valence-electron chi connectivity index (χ2n) is 5.50. The van der Waals surface area contributed by atoms with Gasteiger partial charge < -0.3 is 15.2 Å². The molecule has 2 heterocycles. The van der Waals surface area contributed by atoms with E-state index in [0.29, 0.717) is 29.4 Å². The Morgan fingerprint density at radius 2 is 2.11 bits per heavy atom. The fourth-order valence-electron chi connectivity index (χ4n) is 2.32. The molecule has 0 aliphatic heterocycles. The molecule has 1 aromatic carbocycles. The number of anilines is 1. The van der Waals surface area contributed by atoms with Crippen LogP contribution in [-0.2, 0) is 11.2 Å². The average Bonchev–Trinajstić information content (AvgIpc) is 3.36. The summed E-state index contributed by atoms with van der Waals surface area (Å²) in [5, 5.41) is 13.1. The zero-order valence-electron chi connectivity index (χ0n) is 14.3. The first-order chi connectivity index (χ1) is 13.2. The predicted octanol–water partition coefficient (Wildman–Crippen LogP) is 2.73. The molecule has 0 aliphatic carbocycles. The maximum atomic E-state index is 12.2. The quantitative estimate of drug-likeness (QED) is 0.614. The number of aryl methyl sites for hydroxylation is 1. The van der Waals surface area contributed by atoms with Crippen molar-refractivity contribution in [2.45, 2.75) is 12.8 Å². The van der Waals surface area contributed by atoms with Crippen molar-refractivity contribution in [3.8, 4) is 23.7 Å². The van der Waals surface area contributed by atoms with E-state index < -0.39 is 0 Å². The highest BCUT2D eigenvalue weighted by Crippen LogP contribution is 2.19. The van der Waals surface area contributed by atoms with Crippen LogP contribution >= 0.6 is 11.3 Å². The number of aromatic nitrogens is 2. The molecule has 0 saturated heterocycles. The number of benzene rings is 1. The van der Waals surface area contributed by atoms with Crippen molar-refractivity contribution in [1.82, 2.24) is 15.5 Å². The van der Waals surface area contributed by atoms with Crippen molar-refractivity contribution >= 4 is 28.8 Å². The van der Waals surface area contributed by atoms with Gasteiger partial charge in [0.2, 0.25) is 17.6 Å². The molecule has 3 aromatic rings. The largest absolute Gasteiger partial charge is 0.341 e. The molecule has 0 fully saturated rings. The molecular formula is C19H16N4O3S. The van der Waals surface area contributed by atoms with Crippen LogP contribution in [0.25, 0.3) is 11.4 Å². The van der Waals surface area contributed by atoms with Crippen molar-refractivity contribution < 1.29 is 14.1 Å². The average molecular weight is 380 g/mol. The Bertz CT molecular complexity index is 973. The van der Waals surface area contributed by atoms with Gasteiger partial charge in [-0.15, -0.1) is 6.42 Å². The summed E-state index contributed by atoms with van der Waals surface area (Å²) in [6, 6.07) is 8.62. The minimum absolute atomic E-state index is 0.116. The molecule has 7 nitrogen and oxygen atoms in total. The molecule has 3 rings (SSSR count). The Balaban J connectivity index is 1.59. The number of rotatable bonds is 7. The number of nitrogens with one attached hydrogen (secondary N) is 2. The van der Waals surface area contributed by atoms with Gasteiger partial charge in [-0.3, -0.25) is 9.59 Å². The number of terminal acetylenes is 1. The van der Waals surface area contributed by atoms with E-state index in [2.05, 4.69) is 26.7 Å². The van der Waals surface area contributed by atoms with Gasteiger partial charge in [-0.25, -0.2) is 0 Å². The van der Waals surface area contributed by atoms with Crippen LogP contribution in [0.3, 0.4) is 0 Å². The minimum atomic E-state index is -0.346. The SMILES string of the molecule is C#CCNC(=O)c1ccccc1NC(=O)CCc1nc(-c2ccsc2)no1. The van der Waals surface area contributed by atoms with Crippen LogP contribution in [0.4, 0.5) is 5.69 Å². The summed E-state index contributed by atoms with van der Waals surface area (Å²) in [4.78, 5) is 28.6. The molecule has 27 heavy (non-hydrogen) atoms. The van der Waals surface area contributed by atoms with Crippen LogP contribution < -0.4 is 10.6 Å². The first-order valence-electron chi connectivity index (χ1n) is 8.13. The summed E-state index contributed by atoms with van der Waals surface area (Å²) in [6.45, 7) is 0.116. The van der Waals surface area contributed by atoms with Gasteiger partial charge in [-0.05, 0) is 23.6 Å². The zero-order valence-corrected chi connectivity index (χ0v) is 15.1. The van der Waals surface area contributed by atoms with Crippen LogP contribution in [0.2, 0.25) is 0 Å². The Morgan fingerprint density at radius 1 is 1.26 bits per heavy atom. The van der Waals surface area contributed by atoms with E-state index in [1.807, 2.05) is 16.8 Å². The van der Waals surface area contributed by atoms with Gasteiger partial charge in [-0.1, -0.05) is 23.2 Å². The Hall–Kier alpha value is -3.44. The van der Waals surface area contributed by atoms with Crippen LogP contribution in [0.1, 0.15) is 22.7 Å². The second kappa shape index (κ2) is 8.78. The molecular weight excluding hydrogens is 364 g/mol. The molecule has 2 aromatic heterocycles. The third-order valence-corrected chi connectivity index (χ3v) is 4.29. The van der Waals surface area contributed by atoms with Crippen molar-refractivity contribution in [1.29, 1.82) is 0 Å². The molecule has 0 bridgehead atoms. The lowest BCUT2D eigenvalue weighted by molar-refractivity contribution is -0.116. The molecule has 0 aliphatic rings. The van der Waals surface area contributed by atoms with Crippen molar-refractivity contribution in [3.63, 3.8) is 0 Å². The molecule has 136 valence electrons. The number of nitrogens with zero attached hydrogens (tertiary/aromatic N) is 2. The summed E-state index contributed by atoms with van der Waals surface area (Å²) < 4.78 is 5.18. The van der Waals surface area contributed by atoms with E-state index in [-0.39, 0.29) is 24.8 Å². The van der Waals surface area contributed by atoms with Gasteiger partial charge in [-0.2, -0.15) is 16.3 Å². The van der Waals surface area contributed by atoms with Gasteiger partial charge in [0.05, 0.1) is 17.8 Å². The summed E-state index contributed by atoms with van der Waals surface area (Å²) in [5.41, 5.74) is 1.64. The maximum absolute atomic E-state index is 12.2. The first-order valence-corrected chi connectivity index (χ1v) is 9.07. The molecule has 0 atom stereocenters. The summed E-state index contributed by atoms with van der Waals surface area (Å²) in [6.07, 6.45) is 5.59. The second-order valence-corrected chi connectivity index (χ2v) is 6.28. The Labute approximate surface area is 159 Å². The Kier molecular flexibility index (Phi) is 5.97. The third kappa shape index (κ3) is 4.80. The maximum Gasteiger partial charge on any atom is 0.254 e. The van der Waals surface area contributed by atoms with Crippen molar-refractivity contribution in [2.75, 3.05) is 11.9 Å². The highest BCUT2D eigenvalue weighted by Gasteiger charge is 2.14. The van der Waals surface area contributed by atoms with E-state index in [1.165, 1.54) is 0 Å². The number of carbonyl (C=O) groups excluding carboxylic acids is 2. The fraction of sp³-hybridized carbons (Fsp3) is 0.158. The molecule has 2 amide bonds. The van der Waals surface area contributed by atoms with Crippen molar-refractivity contribution in [3.05, 3.63) is 52.5 Å². The van der Waals surface area contributed by atoms with Gasteiger partial charge in [0, 0.05) is 23.8 Å². The van der Waals surface area contributed by atoms with Crippen LogP contribution in [-0.4, -0.2) is 28.5 Å². The number of hydrogen-bond acceptors (Lipinski definition) is 6. The molecule has 0 spiro atoms. The first kappa shape index (κ1) is 18.4. The predicted molar refractivity (Wildman–Crippen MR) is 102 cm³/mol. The lowest BCUT2D eigenvalue weighted by Gasteiger charge is -2.10. The molecule has 8 heteroatoms. The smallest absolute Gasteiger partial charge is 0.254 e. The Morgan fingerprint density at radius 3 is 2.89 bits per heavy atom. The normalized spacial score (nSPS) is 10.2. The van der Waals surface area contributed by atoms with E-state index in [0.717, 1.165) is 5.56 Å². The highest BCUT2D eigenvalue weighted by atomic mass is 32.1. The van der Waals surface area contributed by atoms with E-state index in [4.69, 9.17) is 10.9 Å². The minimum Gasteiger partial charge on any atom is -0.341 e. The fourth-order valence-corrected chi connectivity index (χ4v) is 2.95. The summed E-state index contributed by atoms with van der Waals surface area (Å²) in [7, 11) is 0. The highest BCUT2D eigenvalue weighted by molar-refractivity contribution is 7.08. The lowest BCUT2D eigenvalue weighted by atomic mass is 10.1. The standard InChI is InChI=1S/C19H16N4O3S/c1-2-10-20-19(25)14-5-3-4-6-15(14)21-16(24)7-8-17-22-18(23-26-17)13-9-11-27-12-13/h1,3-6,9,11-12H,7-8,10H2,(H,20,25)(H,21,24). The van der Waals surface area contributed by atoms with Crippen LogP contribution in [0.15, 0.2) is 45.6 Å². The third-order valence-electron chi connectivity index (χ3n) is 3.61. The number of hydrogen-bond donors (Lipinski definition) is 2. The van der Waals surface area contributed by atoms with E-state index in [9.17, 15) is 9.59 Å². The number of amides is 2. The number of para-hydroxylation sites is 1. The summed E-state index contributed by atoms with van der Waals surface area (Å²) in [5.74, 6) is 2.61. The molecule has 0 unspecified atom stereocenters. The van der Waals surface area contributed by atoms with Gasteiger partial charge in [0.15, 0.2) is 0 Å². The molecule has 2 N–H and O–H groups in total. The zero-order chi connectivity index (χ0) is 19.1. The van der Waals surface area contributed by atoms with Gasteiger partial charge >= 0.3 is 0 Å². The number of thiophene rings is 1. The van der Waals surface area contributed by atoms with Crippen molar-refractivity contribution in [2.24, 2.45) is 0 Å². The van der Waals surface area contributed by atoms with E-state index in [1.54, 1.807) is 35.6 Å². The molecule has 0 saturated carbocycles. The lowest BCUT2D eigenvalue weighted by Crippen LogP contribution is -2.25. The monoisotopic (exact) mass is 380 g/mol. The van der Waals surface area contributed by atoms with Crippen LogP contribution in [0, 0.1) is 12.3 Å². The van der Waals surface area contributed by atoms with Gasteiger partial charge in [0.25, 0.3) is 5.91 Å². The molecule has 0 radical (unpaired) electrons. The summed E-state index contributed by atoms with van der Waals surface area (Å²) >= 11 is 1.54.